The number of hydrogen-bond donors (Lipinski definition) is 2. The lowest BCUT2D eigenvalue weighted by Crippen LogP contribution is -2.45. The zero-order chi connectivity index (χ0) is 13.0. The summed E-state index contributed by atoms with van der Waals surface area (Å²) in [5.41, 5.74) is 5.57. The zero-order valence-electron chi connectivity index (χ0n) is 10.9. The van der Waals surface area contributed by atoms with Crippen LogP contribution >= 0.6 is 0 Å². The Hall–Kier alpha value is -1.26. The zero-order valence-corrected chi connectivity index (χ0v) is 10.9. The number of nitrogens with zero attached hydrogens (tertiary/aromatic N) is 2. The monoisotopic (exact) mass is 241 g/mol. The third kappa shape index (κ3) is 3.61. The van der Waals surface area contributed by atoms with Gasteiger partial charge < -0.3 is 15.8 Å². The second-order valence-corrected chi connectivity index (χ2v) is 5.01. The van der Waals surface area contributed by atoms with E-state index in [-0.39, 0.29) is 17.8 Å². The molecule has 0 saturated heterocycles. The van der Waals surface area contributed by atoms with Gasteiger partial charge in [-0.1, -0.05) is 12.1 Å². The van der Waals surface area contributed by atoms with Crippen molar-refractivity contribution in [2.24, 2.45) is 22.7 Å². The lowest BCUT2D eigenvalue weighted by atomic mass is 10.0. The summed E-state index contributed by atoms with van der Waals surface area (Å²) in [6, 6.07) is 0.156. The molecule has 1 rings (SSSR count). The van der Waals surface area contributed by atoms with Crippen molar-refractivity contribution in [2.45, 2.75) is 46.1 Å². The summed E-state index contributed by atoms with van der Waals surface area (Å²) >= 11 is 0. The Kier molecular flexibility index (Phi) is 4.78. The van der Waals surface area contributed by atoms with Crippen molar-refractivity contribution < 1.29 is 10.0 Å². The van der Waals surface area contributed by atoms with Crippen LogP contribution in [0, 0.1) is 11.8 Å². The van der Waals surface area contributed by atoms with E-state index in [1.54, 1.807) is 0 Å². The maximum absolute atomic E-state index is 12.3. The van der Waals surface area contributed by atoms with E-state index in [0.29, 0.717) is 12.3 Å². The first-order chi connectivity index (χ1) is 8.01. The quantitative estimate of drug-likeness (QED) is 0.319. The molecule has 0 spiro atoms. The van der Waals surface area contributed by atoms with E-state index >= 15 is 0 Å². The van der Waals surface area contributed by atoms with Gasteiger partial charge in [0.25, 0.3) is 0 Å². The second-order valence-electron chi connectivity index (χ2n) is 5.01. The molecule has 3 N–H and O–H groups in total. The molecule has 0 bridgehead atoms. The molecule has 17 heavy (non-hydrogen) atoms. The Morgan fingerprint density at radius 1 is 1.53 bits per heavy atom. The molecule has 0 aromatic heterocycles. The summed E-state index contributed by atoms with van der Waals surface area (Å²) in [6.45, 7) is 6.67. The first-order valence-electron chi connectivity index (χ1n) is 6.29. The Morgan fingerprint density at radius 3 is 2.47 bits per heavy atom. The van der Waals surface area contributed by atoms with Gasteiger partial charge >= 0.3 is 0 Å². The van der Waals surface area contributed by atoms with Crippen LogP contribution in [0.1, 0.15) is 40.0 Å². The highest BCUT2D eigenvalue weighted by Gasteiger charge is 2.32. The van der Waals surface area contributed by atoms with E-state index in [2.05, 4.69) is 5.16 Å². The van der Waals surface area contributed by atoms with E-state index in [1.165, 1.54) is 12.8 Å². The van der Waals surface area contributed by atoms with Crippen LogP contribution in [-0.4, -0.2) is 34.4 Å². The fourth-order valence-electron chi connectivity index (χ4n) is 1.91. The lowest BCUT2D eigenvalue weighted by molar-refractivity contribution is -0.135. The number of oxime groups is 1. The summed E-state index contributed by atoms with van der Waals surface area (Å²) in [5, 5.41) is 11.7. The maximum Gasteiger partial charge on any atom is 0.233 e. The molecule has 0 aromatic carbocycles. The van der Waals surface area contributed by atoms with Crippen molar-refractivity contribution >= 4 is 11.7 Å². The van der Waals surface area contributed by atoms with Crippen LogP contribution in [0.2, 0.25) is 0 Å². The van der Waals surface area contributed by atoms with Crippen molar-refractivity contribution in [1.82, 2.24) is 4.90 Å². The highest BCUT2D eigenvalue weighted by atomic mass is 16.4. The average molecular weight is 241 g/mol. The Bertz CT molecular complexity index is 298. The van der Waals surface area contributed by atoms with Gasteiger partial charge in [-0.2, -0.15) is 0 Å². The first kappa shape index (κ1) is 13.8. The highest BCUT2D eigenvalue weighted by Crippen LogP contribution is 2.31. The average Bonchev–Trinajstić information content (AvgIpc) is 3.09. The number of amides is 1. The third-order valence-electron chi connectivity index (χ3n) is 3.24. The van der Waals surface area contributed by atoms with Crippen LogP contribution in [0.3, 0.4) is 0 Å². The van der Waals surface area contributed by atoms with E-state index in [0.717, 1.165) is 6.54 Å². The van der Waals surface area contributed by atoms with Crippen molar-refractivity contribution in [1.29, 1.82) is 0 Å². The van der Waals surface area contributed by atoms with Crippen molar-refractivity contribution in [3.8, 4) is 0 Å². The molecule has 0 heterocycles. The van der Waals surface area contributed by atoms with Gasteiger partial charge in [-0.05, 0) is 39.0 Å². The summed E-state index contributed by atoms with van der Waals surface area (Å²) in [6.07, 6.45) is 2.97. The van der Waals surface area contributed by atoms with Crippen LogP contribution in [0.15, 0.2) is 5.16 Å². The predicted octanol–water partition coefficient (Wildman–Crippen LogP) is 1.41. The Morgan fingerprint density at radius 2 is 2.12 bits per heavy atom. The molecule has 1 unspecified atom stereocenters. The summed E-state index contributed by atoms with van der Waals surface area (Å²) in [7, 11) is 0. The van der Waals surface area contributed by atoms with E-state index < -0.39 is 5.92 Å². The van der Waals surface area contributed by atoms with Crippen LogP contribution in [0.5, 0.6) is 0 Å². The van der Waals surface area contributed by atoms with Gasteiger partial charge in [-0.25, -0.2) is 0 Å². The largest absolute Gasteiger partial charge is 0.409 e. The number of nitrogens with two attached hydrogens (primary N) is 1. The Balaban J connectivity index is 2.73. The van der Waals surface area contributed by atoms with E-state index in [9.17, 15) is 4.79 Å². The van der Waals surface area contributed by atoms with Crippen molar-refractivity contribution in [3.05, 3.63) is 0 Å². The minimum absolute atomic E-state index is 0.0129. The molecule has 1 aliphatic rings. The molecule has 98 valence electrons. The van der Waals surface area contributed by atoms with Gasteiger partial charge in [0, 0.05) is 12.6 Å². The Labute approximate surface area is 103 Å². The van der Waals surface area contributed by atoms with E-state index in [4.69, 9.17) is 10.9 Å². The topological polar surface area (TPSA) is 78.9 Å². The molecule has 5 heteroatoms. The van der Waals surface area contributed by atoms with Crippen LogP contribution in [0.4, 0.5) is 0 Å². The molecule has 1 saturated carbocycles. The predicted molar refractivity (Wildman–Crippen MR) is 66.8 cm³/mol. The lowest BCUT2D eigenvalue weighted by Gasteiger charge is -2.30. The SMILES string of the molecule is CCC(C(=O)N(CC1CC1)C(C)C)/C(N)=N\O. The molecule has 0 aliphatic heterocycles. The molecule has 0 radical (unpaired) electrons. The number of carbonyl (C=O) groups is 1. The minimum Gasteiger partial charge on any atom is -0.409 e. The first-order valence-corrected chi connectivity index (χ1v) is 6.29. The van der Waals surface area contributed by atoms with E-state index in [1.807, 2.05) is 25.7 Å². The van der Waals surface area contributed by atoms with Crippen LogP contribution in [-0.2, 0) is 4.79 Å². The fourth-order valence-corrected chi connectivity index (χ4v) is 1.91. The fraction of sp³-hybridized carbons (Fsp3) is 0.833. The molecular formula is C12H23N3O2. The standard InChI is InChI=1S/C12H23N3O2/c1-4-10(11(13)14-17)12(16)15(8(2)3)7-9-5-6-9/h8-10,17H,4-7H2,1-3H3,(H2,13,14). The minimum atomic E-state index is -0.499. The van der Waals surface area contributed by atoms with Crippen molar-refractivity contribution in [2.75, 3.05) is 6.54 Å². The summed E-state index contributed by atoms with van der Waals surface area (Å²) in [4.78, 5) is 14.2. The number of rotatable bonds is 6. The molecule has 1 atom stereocenters. The molecule has 1 fully saturated rings. The molecule has 1 amide bonds. The molecular weight excluding hydrogens is 218 g/mol. The van der Waals surface area contributed by atoms with Crippen LogP contribution in [0.25, 0.3) is 0 Å². The van der Waals surface area contributed by atoms with Gasteiger partial charge in [0.05, 0.1) is 5.92 Å². The van der Waals surface area contributed by atoms with Gasteiger partial charge in [0.15, 0.2) is 5.84 Å². The normalized spacial score (nSPS) is 18.2. The van der Waals surface area contributed by atoms with Gasteiger partial charge in [-0.15, -0.1) is 0 Å². The van der Waals surface area contributed by atoms with Crippen LogP contribution < -0.4 is 5.73 Å². The third-order valence-corrected chi connectivity index (χ3v) is 3.24. The van der Waals surface area contributed by atoms with Gasteiger partial charge in [-0.3, -0.25) is 4.79 Å². The smallest absolute Gasteiger partial charge is 0.233 e. The number of carbonyl (C=O) groups excluding carboxylic acids is 1. The maximum atomic E-state index is 12.3. The summed E-state index contributed by atoms with van der Waals surface area (Å²) in [5.74, 6) is 0.135. The van der Waals surface area contributed by atoms with Gasteiger partial charge in [0.2, 0.25) is 5.91 Å². The number of hydrogen-bond acceptors (Lipinski definition) is 3. The summed E-state index contributed by atoms with van der Waals surface area (Å²) < 4.78 is 0. The number of amidine groups is 1. The van der Waals surface area contributed by atoms with Crippen molar-refractivity contribution in [3.63, 3.8) is 0 Å². The second kappa shape index (κ2) is 5.89. The highest BCUT2D eigenvalue weighted by molar-refractivity contribution is 6.02. The molecule has 1 aliphatic carbocycles. The molecule has 5 nitrogen and oxygen atoms in total. The molecule has 0 aromatic rings. The van der Waals surface area contributed by atoms with Gasteiger partial charge in [0.1, 0.15) is 0 Å².